The number of ether oxygens (including phenoxy) is 2. The summed E-state index contributed by atoms with van der Waals surface area (Å²) in [5, 5.41) is 6.67. The molecule has 2 N–H and O–H groups in total. The Kier molecular flexibility index (Phi) is 8.02. The van der Waals surface area contributed by atoms with E-state index < -0.39 is 5.79 Å². The van der Waals surface area contributed by atoms with Gasteiger partial charge in [-0.05, 0) is 20.3 Å². The molecule has 0 aromatic carbocycles. The molecule has 23 heavy (non-hydrogen) atoms. The van der Waals surface area contributed by atoms with Crippen molar-refractivity contribution in [3.05, 3.63) is 0 Å². The van der Waals surface area contributed by atoms with Crippen LogP contribution in [0.15, 0.2) is 4.99 Å². The van der Waals surface area contributed by atoms with Crippen molar-refractivity contribution in [2.45, 2.75) is 51.0 Å². The second-order valence-corrected chi connectivity index (χ2v) is 6.44. The Balaban J connectivity index is 0.00000264. The van der Waals surface area contributed by atoms with Crippen LogP contribution in [0.5, 0.6) is 0 Å². The van der Waals surface area contributed by atoms with Gasteiger partial charge in [-0.15, -0.1) is 24.0 Å². The SMILES string of the molecule is CC(C)NC(=NCC(=O)N(C)C)NC1CCC2(C1)OCCO2.I. The summed E-state index contributed by atoms with van der Waals surface area (Å²) in [7, 11) is 3.46. The Morgan fingerprint density at radius 1 is 1.35 bits per heavy atom. The Morgan fingerprint density at radius 2 is 2.00 bits per heavy atom. The first kappa shape index (κ1) is 20.4. The van der Waals surface area contributed by atoms with E-state index in [4.69, 9.17) is 9.47 Å². The summed E-state index contributed by atoms with van der Waals surface area (Å²) in [5.74, 6) is 0.250. The molecule has 1 aliphatic carbocycles. The number of hydrogen-bond donors (Lipinski definition) is 2. The van der Waals surface area contributed by atoms with E-state index in [0.29, 0.717) is 19.2 Å². The zero-order valence-corrected chi connectivity index (χ0v) is 16.8. The Bertz CT molecular complexity index is 423. The number of nitrogens with zero attached hydrogens (tertiary/aromatic N) is 2. The van der Waals surface area contributed by atoms with Crippen molar-refractivity contribution in [2.75, 3.05) is 33.9 Å². The molecule has 0 aromatic rings. The van der Waals surface area contributed by atoms with Gasteiger partial charge in [0.15, 0.2) is 11.7 Å². The molecule has 7 nitrogen and oxygen atoms in total. The third-order valence-electron chi connectivity index (χ3n) is 3.88. The number of carbonyl (C=O) groups is 1. The highest BCUT2D eigenvalue weighted by atomic mass is 127. The normalized spacial score (nSPS) is 23.0. The van der Waals surface area contributed by atoms with Gasteiger partial charge < -0.3 is 25.0 Å². The minimum absolute atomic E-state index is 0. The average molecular weight is 440 g/mol. The van der Waals surface area contributed by atoms with E-state index in [0.717, 1.165) is 19.3 Å². The minimum atomic E-state index is -0.403. The second-order valence-electron chi connectivity index (χ2n) is 6.44. The van der Waals surface area contributed by atoms with Crippen LogP contribution < -0.4 is 10.6 Å². The third-order valence-corrected chi connectivity index (χ3v) is 3.88. The molecule has 1 saturated carbocycles. The quantitative estimate of drug-likeness (QED) is 0.387. The topological polar surface area (TPSA) is 75.2 Å². The van der Waals surface area contributed by atoms with Crippen molar-refractivity contribution in [3.8, 4) is 0 Å². The van der Waals surface area contributed by atoms with Gasteiger partial charge >= 0.3 is 0 Å². The first-order valence-corrected chi connectivity index (χ1v) is 7.96. The van der Waals surface area contributed by atoms with Crippen LogP contribution in [0, 0.1) is 0 Å². The molecule has 1 unspecified atom stereocenters. The Labute approximate surface area is 155 Å². The number of guanidine groups is 1. The maximum absolute atomic E-state index is 11.7. The van der Waals surface area contributed by atoms with E-state index in [2.05, 4.69) is 15.6 Å². The molecule has 1 atom stereocenters. The highest BCUT2D eigenvalue weighted by Crippen LogP contribution is 2.37. The Hall–Kier alpha value is -0.610. The van der Waals surface area contributed by atoms with Crippen molar-refractivity contribution in [3.63, 3.8) is 0 Å². The average Bonchev–Trinajstić information content (AvgIpc) is 3.05. The zero-order valence-electron chi connectivity index (χ0n) is 14.4. The molecule has 134 valence electrons. The highest BCUT2D eigenvalue weighted by Gasteiger charge is 2.44. The predicted octanol–water partition coefficient (Wildman–Crippen LogP) is 0.932. The number of hydrogen-bond acceptors (Lipinski definition) is 4. The number of halogens is 1. The van der Waals surface area contributed by atoms with Gasteiger partial charge in [0.05, 0.1) is 13.2 Å². The molecule has 1 amide bonds. The largest absolute Gasteiger partial charge is 0.354 e. The fourth-order valence-corrected chi connectivity index (χ4v) is 2.74. The van der Waals surface area contributed by atoms with E-state index in [1.807, 2.05) is 13.8 Å². The number of likely N-dealkylation sites (N-methyl/N-ethyl adjacent to an activating group) is 1. The smallest absolute Gasteiger partial charge is 0.243 e. The predicted molar refractivity (Wildman–Crippen MR) is 100 cm³/mol. The lowest BCUT2D eigenvalue weighted by Gasteiger charge is -2.23. The lowest BCUT2D eigenvalue weighted by atomic mass is 10.2. The molecule has 0 bridgehead atoms. The molecule has 1 saturated heterocycles. The fraction of sp³-hybridized carbons (Fsp3) is 0.867. The van der Waals surface area contributed by atoms with E-state index in [9.17, 15) is 4.79 Å². The fourth-order valence-electron chi connectivity index (χ4n) is 2.74. The van der Waals surface area contributed by atoms with Crippen molar-refractivity contribution in [2.24, 2.45) is 4.99 Å². The van der Waals surface area contributed by atoms with Crippen LogP contribution in [0.3, 0.4) is 0 Å². The summed E-state index contributed by atoms with van der Waals surface area (Å²) < 4.78 is 11.5. The standard InChI is InChI=1S/C15H28N4O3.HI/c1-11(2)17-14(16-10-13(20)19(3)4)18-12-5-6-15(9-12)21-7-8-22-15;/h11-12H,5-10H2,1-4H3,(H2,16,17,18);1H. The van der Waals surface area contributed by atoms with Gasteiger partial charge in [-0.3, -0.25) is 4.79 Å². The summed E-state index contributed by atoms with van der Waals surface area (Å²) in [5.41, 5.74) is 0. The molecule has 0 aromatic heterocycles. The molecule has 1 heterocycles. The van der Waals surface area contributed by atoms with Gasteiger partial charge in [0.1, 0.15) is 6.54 Å². The second kappa shape index (κ2) is 9.03. The van der Waals surface area contributed by atoms with E-state index in [1.54, 1.807) is 19.0 Å². The first-order valence-electron chi connectivity index (χ1n) is 7.96. The summed E-state index contributed by atoms with van der Waals surface area (Å²) in [6, 6.07) is 0.493. The van der Waals surface area contributed by atoms with Crippen LogP contribution in [-0.2, 0) is 14.3 Å². The van der Waals surface area contributed by atoms with Crippen LogP contribution in [0.1, 0.15) is 33.1 Å². The minimum Gasteiger partial charge on any atom is -0.354 e. The molecular formula is C15H29IN4O3. The number of carbonyl (C=O) groups excluding carboxylic acids is 1. The van der Waals surface area contributed by atoms with E-state index in [-0.39, 0.29) is 48.5 Å². The number of rotatable bonds is 4. The van der Waals surface area contributed by atoms with E-state index in [1.165, 1.54) is 0 Å². The van der Waals surface area contributed by atoms with Gasteiger partial charge in [0.25, 0.3) is 0 Å². The number of nitrogens with one attached hydrogen (secondary N) is 2. The summed E-state index contributed by atoms with van der Waals surface area (Å²) in [6.07, 6.45) is 2.68. The van der Waals surface area contributed by atoms with Gasteiger partial charge in [-0.25, -0.2) is 4.99 Å². The lowest BCUT2D eigenvalue weighted by molar-refractivity contribution is -0.151. The molecule has 0 radical (unpaired) electrons. The van der Waals surface area contributed by atoms with Gasteiger partial charge in [-0.1, -0.05) is 0 Å². The molecular weight excluding hydrogens is 411 g/mol. The summed E-state index contributed by atoms with van der Waals surface area (Å²) >= 11 is 0. The zero-order chi connectivity index (χ0) is 16.2. The molecule has 2 rings (SSSR count). The highest BCUT2D eigenvalue weighted by molar-refractivity contribution is 14.0. The van der Waals surface area contributed by atoms with Gasteiger partial charge in [-0.2, -0.15) is 0 Å². The van der Waals surface area contributed by atoms with Crippen LogP contribution in [0.2, 0.25) is 0 Å². The third kappa shape index (κ3) is 6.07. The number of amides is 1. The Morgan fingerprint density at radius 3 is 2.57 bits per heavy atom. The summed E-state index contributed by atoms with van der Waals surface area (Å²) in [4.78, 5) is 17.6. The molecule has 2 fully saturated rings. The first-order chi connectivity index (χ1) is 10.4. The molecule has 8 heteroatoms. The maximum atomic E-state index is 11.7. The van der Waals surface area contributed by atoms with Crippen molar-refractivity contribution >= 4 is 35.8 Å². The van der Waals surface area contributed by atoms with Crippen LogP contribution in [-0.4, -0.2) is 68.5 Å². The number of aliphatic imine (C=N–C) groups is 1. The van der Waals surface area contributed by atoms with Crippen LogP contribution >= 0.6 is 24.0 Å². The maximum Gasteiger partial charge on any atom is 0.243 e. The van der Waals surface area contributed by atoms with Crippen molar-refractivity contribution < 1.29 is 14.3 Å². The summed E-state index contributed by atoms with van der Waals surface area (Å²) in [6.45, 7) is 5.58. The molecule has 1 spiro atoms. The van der Waals surface area contributed by atoms with Crippen molar-refractivity contribution in [1.29, 1.82) is 0 Å². The van der Waals surface area contributed by atoms with E-state index >= 15 is 0 Å². The lowest BCUT2D eigenvalue weighted by Crippen LogP contribution is -2.46. The van der Waals surface area contributed by atoms with Crippen molar-refractivity contribution in [1.82, 2.24) is 15.5 Å². The monoisotopic (exact) mass is 440 g/mol. The van der Waals surface area contributed by atoms with Crippen LogP contribution in [0.25, 0.3) is 0 Å². The van der Waals surface area contributed by atoms with Gasteiger partial charge in [0, 0.05) is 39.0 Å². The molecule has 2 aliphatic rings. The van der Waals surface area contributed by atoms with Crippen LogP contribution in [0.4, 0.5) is 0 Å². The van der Waals surface area contributed by atoms with Gasteiger partial charge in [0.2, 0.25) is 5.91 Å². The molecule has 1 aliphatic heterocycles.